The molecule has 6 nitrogen and oxygen atoms in total. The molecule has 0 unspecified atom stereocenters. The van der Waals surface area contributed by atoms with Crippen molar-refractivity contribution in [2.45, 2.75) is 0 Å². The SMILES string of the molecule is COc1cccc(/C=C2\COc3ccc(O)c(O)c3C2=O)c1OC. The van der Waals surface area contributed by atoms with E-state index in [1.54, 1.807) is 24.3 Å². The lowest BCUT2D eigenvalue weighted by atomic mass is 9.97. The average Bonchev–Trinajstić information content (AvgIpc) is 2.60. The van der Waals surface area contributed by atoms with E-state index >= 15 is 0 Å². The van der Waals surface area contributed by atoms with E-state index in [1.165, 1.54) is 26.4 Å². The highest BCUT2D eigenvalue weighted by molar-refractivity contribution is 6.16. The van der Waals surface area contributed by atoms with Gasteiger partial charge >= 0.3 is 0 Å². The number of phenols is 2. The first-order chi connectivity index (χ1) is 11.6. The molecule has 6 heteroatoms. The van der Waals surface area contributed by atoms with Gasteiger partial charge in [0, 0.05) is 11.1 Å². The summed E-state index contributed by atoms with van der Waals surface area (Å²) in [5, 5.41) is 19.6. The molecule has 2 aromatic carbocycles. The fourth-order valence-corrected chi connectivity index (χ4v) is 2.60. The molecule has 0 spiro atoms. The number of hydrogen-bond acceptors (Lipinski definition) is 6. The number of Topliss-reactive ketones (excluding diaryl/α,β-unsaturated/α-hetero) is 1. The molecule has 3 rings (SSSR count). The maximum absolute atomic E-state index is 12.7. The lowest BCUT2D eigenvalue weighted by molar-refractivity contribution is 0.0996. The standard InChI is InChI=1S/C18H16O6/c1-22-14-5-3-4-10(18(14)23-2)8-11-9-24-13-7-6-12(19)17(21)15(13)16(11)20/h3-8,19,21H,9H2,1-2H3/b11-8+. The van der Waals surface area contributed by atoms with Crippen LogP contribution >= 0.6 is 0 Å². The van der Waals surface area contributed by atoms with Gasteiger partial charge in [-0.1, -0.05) is 12.1 Å². The van der Waals surface area contributed by atoms with Gasteiger partial charge < -0.3 is 24.4 Å². The molecule has 0 fully saturated rings. The number of ketones is 1. The smallest absolute Gasteiger partial charge is 0.200 e. The van der Waals surface area contributed by atoms with Crippen LogP contribution in [0.1, 0.15) is 15.9 Å². The predicted molar refractivity (Wildman–Crippen MR) is 87.1 cm³/mol. The number of fused-ring (bicyclic) bond motifs is 1. The molecule has 124 valence electrons. The van der Waals surface area contributed by atoms with Crippen molar-refractivity contribution in [3.63, 3.8) is 0 Å². The second kappa shape index (κ2) is 6.16. The number of para-hydroxylation sites is 1. The molecule has 0 saturated heterocycles. The van der Waals surface area contributed by atoms with Gasteiger partial charge in [-0.3, -0.25) is 4.79 Å². The van der Waals surface area contributed by atoms with Crippen molar-refractivity contribution in [1.29, 1.82) is 0 Å². The zero-order valence-electron chi connectivity index (χ0n) is 13.2. The predicted octanol–water partition coefficient (Wildman–Crippen LogP) is 2.77. The van der Waals surface area contributed by atoms with Crippen LogP contribution in [-0.4, -0.2) is 36.8 Å². The zero-order chi connectivity index (χ0) is 17.3. The van der Waals surface area contributed by atoms with Crippen LogP contribution in [0.4, 0.5) is 0 Å². The van der Waals surface area contributed by atoms with Crippen molar-refractivity contribution in [3.05, 3.63) is 47.0 Å². The quantitative estimate of drug-likeness (QED) is 0.666. The Balaban J connectivity index is 2.07. The first kappa shape index (κ1) is 15.7. The molecule has 0 aromatic heterocycles. The van der Waals surface area contributed by atoms with Crippen LogP contribution in [0, 0.1) is 0 Å². The molecule has 1 heterocycles. The fourth-order valence-electron chi connectivity index (χ4n) is 2.60. The van der Waals surface area contributed by atoms with E-state index in [-0.39, 0.29) is 23.7 Å². The van der Waals surface area contributed by atoms with Crippen molar-refractivity contribution in [3.8, 4) is 28.7 Å². The summed E-state index contributed by atoms with van der Waals surface area (Å²) in [6, 6.07) is 8.03. The van der Waals surface area contributed by atoms with E-state index in [1.807, 2.05) is 0 Å². The van der Waals surface area contributed by atoms with Crippen LogP contribution in [0.2, 0.25) is 0 Å². The van der Waals surface area contributed by atoms with Crippen LogP contribution < -0.4 is 14.2 Å². The lowest BCUT2D eigenvalue weighted by Crippen LogP contribution is -2.19. The van der Waals surface area contributed by atoms with E-state index in [4.69, 9.17) is 14.2 Å². The van der Waals surface area contributed by atoms with Crippen LogP contribution in [0.25, 0.3) is 6.08 Å². The zero-order valence-corrected chi connectivity index (χ0v) is 13.2. The molecule has 0 saturated carbocycles. The van der Waals surface area contributed by atoms with Crippen molar-refractivity contribution < 1.29 is 29.2 Å². The van der Waals surface area contributed by atoms with Crippen LogP contribution in [0.5, 0.6) is 28.7 Å². The summed E-state index contributed by atoms with van der Waals surface area (Å²) >= 11 is 0. The molecule has 2 aromatic rings. The Morgan fingerprint density at radius 2 is 1.92 bits per heavy atom. The first-order valence-corrected chi connectivity index (χ1v) is 7.20. The van der Waals surface area contributed by atoms with Gasteiger partial charge in [0.25, 0.3) is 0 Å². The summed E-state index contributed by atoms with van der Waals surface area (Å²) in [6.45, 7) is 0.0520. The Morgan fingerprint density at radius 3 is 2.62 bits per heavy atom. The maximum atomic E-state index is 12.7. The number of hydrogen-bond donors (Lipinski definition) is 2. The monoisotopic (exact) mass is 328 g/mol. The van der Waals surface area contributed by atoms with E-state index in [9.17, 15) is 15.0 Å². The minimum Gasteiger partial charge on any atom is -0.504 e. The average molecular weight is 328 g/mol. The Bertz CT molecular complexity index is 838. The fraction of sp³-hybridized carbons (Fsp3) is 0.167. The van der Waals surface area contributed by atoms with Gasteiger partial charge in [0.05, 0.1) is 14.2 Å². The largest absolute Gasteiger partial charge is 0.504 e. The van der Waals surface area contributed by atoms with Gasteiger partial charge in [0.15, 0.2) is 28.8 Å². The second-order valence-electron chi connectivity index (χ2n) is 5.18. The second-order valence-corrected chi connectivity index (χ2v) is 5.18. The molecule has 0 bridgehead atoms. The Morgan fingerprint density at radius 1 is 1.12 bits per heavy atom. The van der Waals surface area contributed by atoms with Gasteiger partial charge in [0.1, 0.15) is 17.9 Å². The number of aromatic hydroxyl groups is 2. The molecule has 0 atom stereocenters. The molecule has 24 heavy (non-hydrogen) atoms. The number of carbonyl (C=O) groups is 1. The van der Waals surface area contributed by atoms with Gasteiger partial charge in [-0.25, -0.2) is 0 Å². The maximum Gasteiger partial charge on any atom is 0.200 e. The van der Waals surface area contributed by atoms with Crippen molar-refractivity contribution >= 4 is 11.9 Å². The number of rotatable bonds is 3. The van der Waals surface area contributed by atoms with Gasteiger partial charge in [-0.2, -0.15) is 0 Å². The summed E-state index contributed by atoms with van der Waals surface area (Å²) in [4.78, 5) is 12.7. The summed E-state index contributed by atoms with van der Waals surface area (Å²) in [5.41, 5.74) is 0.927. The number of carbonyl (C=O) groups excluding carboxylic acids is 1. The topological polar surface area (TPSA) is 85.2 Å². The highest BCUT2D eigenvalue weighted by Gasteiger charge is 2.28. The third-order valence-electron chi connectivity index (χ3n) is 3.78. The van der Waals surface area contributed by atoms with E-state index < -0.39 is 11.5 Å². The molecule has 0 aliphatic carbocycles. The van der Waals surface area contributed by atoms with Gasteiger partial charge in [0.2, 0.25) is 0 Å². The summed E-state index contributed by atoms with van der Waals surface area (Å²) in [6.07, 6.45) is 1.62. The molecular formula is C18H16O6. The van der Waals surface area contributed by atoms with E-state index in [2.05, 4.69) is 0 Å². The molecule has 0 radical (unpaired) electrons. The minimum absolute atomic E-state index is 0.0469. The van der Waals surface area contributed by atoms with Gasteiger partial charge in [-0.15, -0.1) is 0 Å². The van der Waals surface area contributed by atoms with Crippen molar-refractivity contribution in [2.24, 2.45) is 0 Å². The number of phenolic OH excluding ortho intramolecular Hbond substituents is 2. The number of methoxy groups -OCH3 is 2. The summed E-state index contributed by atoms with van der Waals surface area (Å²) < 4.78 is 16.1. The van der Waals surface area contributed by atoms with E-state index in [0.29, 0.717) is 22.6 Å². The van der Waals surface area contributed by atoms with Crippen LogP contribution in [0.3, 0.4) is 0 Å². The van der Waals surface area contributed by atoms with Crippen LogP contribution in [-0.2, 0) is 0 Å². The third kappa shape index (κ3) is 2.52. The van der Waals surface area contributed by atoms with E-state index in [0.717, 1.165) is 0 Å². The van der Waals surface area contributed by atoms with Crippen molar-refractivity contribution in [1.82, 2.24) is 0 Å². The number of ether oxygens (including phenoxy) is 3. The molecule has 1 aliphatic heterocycles. The Labute approximate surface area is 138 Å². The van der Waals surface area contributed by atoms with Crippen molar-refractivity contribution in [2.75, 3.05) is 20.8 Å². The lowest BCUT2D eigenvalue weighted by Gasteiger charge is -2.20. The highest BCUT2D eigenvalue weighted by atomic mass is 16.5. The third-order valence-corrected chi connectivity index (χ3v) is 3.78. The number of benzene rings is 2. The Hall–Kier alpha value is -3.15. The highest BCUT2D eigenvalue weighted by Crippen LogP contribution is 2.40. The summed E-state index contributed by atoms with van der Waals surface area (Å²) in [5.74, 6) is 0.00865. The first-order valence-electron chi connectivity index (χ1n) is 7.20. The minimum atomic E-state index is -0.485. The molecule has 0 amide bonds. The van der Waals surface area contributed by atoms with Gasteiger partial charge in [-0.05, 0) is 24.3 Å². The summed E-state index contributed by atoms with van der Waals surface area (Å²) in [7, 11) is 3.04. The van der Waals surface area contributed by atoms with Crippen LogP contribution in [0.15, 0.2) is 35.9 Å². The molecule has 2 N–H and O–H groups in total. The Kier molecular flexibility index (Phi) is 4.04. The normalized spacial score (nSPS) is 14.9. The molecular weight excluding hydrogens is 312 g/mol. The molecule has 1 aliphatic rings.